The lowest BCUT2D eigenvalue weighted by Crippen LogP contribution is -1.92. The number of aromatic nitrogens is 3. The number of nitrogens with zero attached hydrogens (tertiary/aromatic N) is 3. The summed E-state index contributed by atoms with van der Waals surface area (Å²) in [5.74, 6) is 0.796. The molecule has 2 aromatic rings. The van der Waals surface area contributed by atoms with Gasteiger partial charge in [-0.05, 0) is 31.0 Å². The molecule has 0 unspecified atom stereocenters. The molecular formula is C10H13N3O. The van der Waals surface area contributed by atoms with Crippen LogP contribution in [0.5, 0.6) is 0 Å². The summed E-state index contributed by atoms with van der Waals surface area (Å²) in [6, 6.07) is 3.99. The van der Waals surface area contributed by atoms with Crippen molar-refractivity contribution < 1.29 is 5.11 Å². The minimum Gasteiger partial charge on any atom is -0.396 e. The van der Waals surface area contributed by atoms with Crippen molar-refractivity contribution in [1.82, 2.24) is 14.6 Å². The zero-order valence-electron chi connectivity index (χ0n) is 8.14. The summed E-state index contributed by atoms with van der Waals surface area (Å²) < 4.78 is 1.76. The number of pyridine rings is 1. The topological polar surface area (TPSA) is 50.4 Å². The highest BCUT2D eigenvalue weighted by Crippen LogP contribution is 2.05. The first-order chi connectivity index (χ1) is 6.79. The molecule has 0 saturated carbocycles. The Hall–Kier alpha value is -1.42. The van der Waals surface area contributed by atoms with Gasteiger partial charge in [0.1, 0.15) is 0 Å². The second kappa shape index (κ2) is 3.75. The van der Waals surface area contributed by atoms with Gasteiger partial charge in [-0.2, -0.15) is 5.10 Å². The SMILES string of the molecule is Cc1ccn2nc(CCCO)nc2c1. The number of hydrogen-bond donors (Lipinski definition) is 1. The van der Waals surface area contributed by atoms with Crippen molar-refractivity contribution in [2.75, 3.05) is 6.61 Å². The molecule has 0 atom stereocenters. The molecule has 14 heavy (non-hydrogen) atoms. The van der Waals surface area contributed by atoms with Crippen LogP contribution in [0, 0.1) is 6.92 Å². The van der Waals surface area contributed by atoms with E-state index in [0.29, 0.717) is 0 Å². The third-order valence-electron chi connectivity index (χ3n) is 2.10. The van der Waals surface area contributed by atoms with Crippen LogP contribution in [0.2, 0.25) is 0 Å². The fourth-order valence-electron chi connectivity index (χ4n) is 1.37. The maximum absolute atomic E-state index is 8.68. The summed E-state index contributed by atoms with van der Waals surface area (Å²) in [6.45, 7) is 2.22. The molecule has 0 aliphatic rings. The van der Waals surface area contributed by atoms with Crippen LogP contribution in [-0.2, 0) is 6.42 Å². The molecule has 0 saturated heterocycles. The summed E-state index contributed by atoms with van der Waals surface area (Å²) >= 11 is 0. The molecule has 0 radical (unpaired) electrons. The Balaban J connectivity index is 2.32. The van der Waals surface area contributed by atoms with Gasteiger partial charge in [-0.25, -0.2) is 9.50 Å². The molecule has 1 N–H and O–H groups in total. The van der Waals surface area contributed by atoms with E-state index in [1.54, 1.807) is 4.52 Å². The molecule has 74 valence electrons. The smallest absolute Gasteiger partial charge is 0.155 e. The molecule has 0 fully saturated rings. The van der Waals surface area contributed by atoms with E-state index in [-0.39, 0.29) is 6.61 Å². The van der Waals surface area contributed by atoms with E-state index in [1.165, 1.54) is 5.56 Å². The van der Waals surface area contributed by atoms with E-state index >= 15 is 0 Å². The first-order valence-electron chi connectivity index (χ1n) is 4.72. The van der Waals surface area contributed by atoms with Crippen LogP contribution in [0.15, 0.2) is 18.3 Å². The molecule has 0 amide bonds. The highest BCUT2D eigenvalue weighted by atomic mass is 16.2. The summed E-state index contributed by atoms with van der Waals surface area (Å²) in [5.41, 5.74) is 2.05. The Labute approximate surface area is 82.2 Å². The van der Waals surface area contributed by atoms with Gasteiger partial charge in [0.05, 0.1) is 0 Å². The highest BCUT2D eigenvalue weighted by molar-refractivity contribution is 5.39. The molecular weight excluding hydrogens is 178 g/mol. The predicted molar refractivity (Wildman–Crippen MR) is 53.1 cm³/mol. The second-order valence-electron chi connectivity index (χ2n) is 3.36. The predicted octanol–water partition coefficient (Wildman–Crippen LogP) is 0.963. The van der Waals surface area contributed by atoms with Crippen molar-refractivity contribution in [1.29, 1.82) is 0 Å². The maximum Gasteiger partial charge on any atom is 0.155 e. The molecule has 0 aliphatic heterocycles. The Morgan fingerprint density at radius 2 is 2.36 bits per heavy atom. The Morgan fingerprint density at radius 3 is 3.14 bits per heavy atom. The largest absolute Gasteiger partial charge is 0.396 e. The molecule has 4 nitrogen and oxygen atoms in total. The van der Waals surface area contributed by atoms with Crippen LogP contribution in [0.1, 0.15) is 17.8 Å². The normalized spacial score (nSPS) is 11.0. The monoisotopic (exact) mass is 191 g/mol. The van der Waals surface area contributed by atoms with Gasteiger partial charge < -0.3 is 5.11 Å². The second-order valence-corrected chi connectivity index (χ2v) is 3.36. The number of fused-ring (bicyclic) bond motifs is 1. The average Bonchev–Trinajstić information content (AvgIpc) is 2.56. The number of aliphatic hydroxyl groups is 1. The van der Waals surface area contributed by atoms with E-state index in [4.69, 9.17) is 5.11 Å². The minimum absolute atomic E-state index is 0.189. The van der Waals surface area contributed by atoms with Crippen molar-refractivity contribution in [3.8, 4) is 0 Å². The van der Waals surface area contributed by atoms with Crippen molar-refractivity contribution >= 4 is 5.65 Å². The molecule has 0 bridgehead atoms. The third-order valence-corrected chi connectivity index (χ3v) is 2.10. The summed E-state index contributed by atoms with van der Waals surface area (Å²) in [6.07, 6.45) is 3.35. The van der Waals surface area contributed by atoms with Gasteiger partial charge in [0, 0.05) is 19.2 Å². The van der Waals surface area contributed by atoms with E-state index in [1.807, 2.05) is 25.3 Å². The van der Waals surface area contributed by atoms with Crippen LogP contribution < -0.4 is 0 Å². The molecule has 2 aromatic heterocycles. The Kier molecular flexibility index (Phi) is 2.45. The van der Waals surface area contributed by atoms with Gasteiger partial charge >= 0.3 is 0 Å². The average molecular weight is 191 g/mol. The number of rotatable bonds is 3. The van der Waals surface area contributed by atoms with Crippen LogP contribution in [0.25, 0.3) is 5.65 Å². The van der Waals surface area contributed by atoms with Gasteiger partial charge in [0.25, 0.3) is 0 Å². The molecule has 2 heterocycles. The Bertz CT molecular complexity index is 436. The van der Waals surface area contributed by atoms with Gasteiger partial charge in [0.2, 0.25) is 0 Å². The fraction of sp³-hybridized carbons (Fsp3) is 0.400. The number of hydrogen-bond acceptors (Lipinski definition) is 3. The summed E-state index contributed by atoms with van der Waals surface area (Å²) in [5, 5.41) is 13.0. The lowest BCUT2D eigenvalue weighted by atomic mass is 10.3. The molecule has 0 aliphatic carbocycles. The van der Waals surface area contributed by atoms with Crippen LogP contribution in [0.3, 0.4) is 0 Å². The van der Waals surface area contributed by atoms with Gasteiger partial charge in [-0.3, -0.25) is 0 Å². The van der Waals surface area contributed by atoms with E-state index in [9.17, 15) is 0 Å². The summed E-state index contributed by atoms with van der Waals surface area (Å²) in [4.78, 5) is 4.35. The molecule has 0 spiro atoms. The third kappa shape index (κ3) is 1.75. The minimum atomic E-state index is 0.189. The summed E-state index contributed by atoms with van der Waals surface area (Å²) in [7, 11) is 0. The Morgan fingerprint density at radius 1 is 1.50 bits per heavy atom. The quantitative estimate of drug-likeness (QED) is 0.786. The van der Waals surface area contributed by atoms with Gasteiger partial charge in [-0.15, -0.1) is 0 Å². The van der Waals surface area contributed by atoms with E-state index in [2.05, 4.69) is 10.1 Å². The van der Waals surface area contributed by atoms with Crippen molar-refractivity contribution in [3.05, 3.63) is 29.7 Å². The lowest BCUT2D eigenvalue weighted by Gasteiger charge is -1.91. The van der Waals surface area contributed by atoms with Crippen molar-refractivity contribution in [2.45, 2.75) is 19.8 Å². The van der Waals surface area contributed by atoms with Crippen LogP contribution in [0.4, 0.5) is 0 Å². The maximum atomic E-state index is 8.68. The van der Waals surface area contributed by atoms with Crippen LogP contribution >= 0.6 is 0 Å². The fourth-order valence-corrected chi connectivity index (χ4v) is 1.37. The number of aliphatic hydroxyl groups excluding tert-OH is 1. The van der Waals surface area contributed by atoms with Crippen LogP contribution in [-0.4, -0.2) is 26.3 Å². The standard InChI is InChI=1S/C10H13N3O/c1-8-4-5-13-10(7-8)11-9(12-13)3-2-6-14/h4-5,7,14H,2-3,6H2,1H3. The molecule has 0 aromatic carbocycles. The first-order valence-corrected chi connectivity index (χ1v) is 4.72. The molecule has 2 rings (SSSR count). The van der Waals surface area contributed by atoms with Crippen molar-refractivity contribution in [2.24, 2.45) is 0 Å². The zero-order chi connectivity index (χ0) is 9.97. The van der Waals surface area contributed by atoms with E-state index < -0.39 is 0 Å². The van der Waals surface area contributed by atoms with Gasteiger partial charge in [0.15, 0.2) is 11.5 Å². The van der Waals surface area contributed by atoms with Crippen molar-refractivity contribution in [3.63, 3.8) is 0 Å². The zero-order valence-corrected chi connectivity index (χ0v) is 8.14. The van der Waals surface area contributed by atoms with E-state index in [0.717, 1.165) is 24.3 Å². The number of aryl methyl sites for hydroxylation is 2. The molecule has 4 heteroatoms. The van der Waals surface area contributed by atoms with Gasteiger partial charge in [-0.1, -0.05) is 0 Å². The highest BCUT2D eigenvalue weighted by Gasteiger charge is 2.02. The lowest BCUT2D eigenvalue weighted by molar-refractivity contribution is 0.287. The first kappa shape index (κ1) is 9.15.